The summed E-state index contributed by atoms with van der Waals surface area (Å²) in [6, 6.07) is 14.8. The summed E-state index contributed by atoms with van der Waals surface area (Å²) in [5.41, 5.74) is 1.80. The van der Waals surface area contributed by atoms with Crippen LogP contribution in [0.5, 0.6) is 11.5 Å². The maximum absolute atomic E-state index is 12.2. The monoisotopic (exact) mass is 383 g/mol. The van der Waals surface area contributed by atoms with Crippen molar-refractivity contribution in [1.29, 1.82) is 0 Å². The first-order valence-corrected chi connectivity index (χ1v) is 9.18. The average Bonchev–Trinajstić information content (AvgIpc) is 3.11. The molecule has 1 saturated heterocycles. The highest BCUT2D eigenvalue weighted by Crippen LogP contribution is 2.27. The minimum absolute atomic E-state index is 0.0868. The van der Waals surface area contributed by atoms with Crippen molar-refractivity contribution in [2.45, 2.75) is 13.0 Å². The van der Waals surface area contributed by atoms with E-state index in [4.69, 9.17) is 9.47 Å². The molecule has 0 aromatic heterocycles. The van der Waals surface area contributed by atoms with Gasteiger partial charge in [0.2, 0.25) is 5.91 Å². The lowest BCUT2D eigenvalue weighted by molar-refractivity contribution is -0.117. The number of para-hydroxylation sites is 1. The van der Waals surface area contributed by atoms with E-state index in [1.54, 1.807) is 25.2 Å². The maximum Gasteiger partial charge on any atom is 0.315 e. The van der Waals surface area contributed by atoms with E-state index in [2.05, 4.69) is 10.6 Å². The van der Waals surface area contributed by atoms with Crippen molar-refractivity contribution in [3.63, 3.8) is 0 Å². The van der Waals surface area contributed by atoms with Crippen molar-refractivity contribution in [2.75, 3.05) is 32.2 Å². The second kappa shape index (κ2) is 9.12. The quantitative estimate of drug-likeness (QED) is 0.770. The van der Waals surface area contributed by atoms with Crippen LogP contribution in [0.4, 0.5) is 10.5 Å². The van der Waals surface area contributed by atoms with Gasteiger partial charge in [-0.25, -0.2) is 4.79 Å². The van der Waals surface area contributed by atoms with Gasteiger partial charge in [0.1, 0.15) is 0 Å². The van der Waals surface area contributed by atoms with E-state index in [0.717, 1.165) is 11.3 Å². The molecule has 3 amide bonds. The minimum Gasteiger partial charge on any atom is -0.493 e. The molecule has 0 bridgehead atoms. The van der Waals surface area contributed by atoms with Gasteiger partial charge in [-0.2, -0.15) is 0 Å². The first kappa shape index (κ1) is 19.5. The van der Waals surface area contributed by atoms with E-state index < -0.39 is 0 Å². The van der Waals surface area contributed by atoms with Crippen LogP contribution >= 0.6 is 0 Å². The summed E-state index contributed by atoms with van der Waals surface area (Å²) >= 11 is 0. The van der Waals surface area contributed by atoms with Gasteiger partial charge in [-0.15, -0.1) is 0 Å². The smallest absolute Gasteiger partial charge is 0.315 e. The van der Waals surface area contributed by atoms with Crippen molar-refractivity contribution in [3.05, 3.63) is 54.1 Å². The van der Waals surface area contributed by atoms with Crippen LogP contribution < -0.4 is 25.0 Å². The zero-order valence-corrected chi connectivity index (χ0v) is 16.1. The Morgan fingerprint density at radius 1 is 1.07 bits per heavy atom. The van der Waals surface area contributed by atoms with Crippen LogP contribution in [-0.2, 0) is 11.3 Å². The largest absolute Gasteiger partial charge is 0.493 e. The number of amides is 3. The Bertz CT molecular complexity index is 826. The van der Waals surface area contributed by atoms with Gasteiger partial charge in [0, 0.05) is 37.7 Å². The second-order valence-electron chi connectivity index (χ2n) is 6.66. The van der Waals surface area contributed by atoms with E-state index >= 15 is 0 Å². The summed E-state index contributed by atoms with van der Waals surface area (Å²) in [4.78, 5) is 26.1. The number of rotatable bonds is 7. The first-order valence-electron chi connectivity index (χ1n) is 9.18. The van der Waals surface area contributed by atoms with E-state index in [-0.39, 0.29) is 17.9 Å². The molecule has 7 heteroatoms. The van der Waals surface area contributed by atoms with Crippen LogP contribution in [0.2, 0.25) is 0 Å². The SMILES string of the molecule is COc1ccc(CNC(=O)NCC2CC(=O)N(c3ccccc3)C2)cc1OC. The molecule has 1 atom stereocenters. The van der Waals surface area contributed by atoms with Crippen molar-refractivity contribution in [1.82, 2.24) is 10.6 Å². The molecule has 28 heavy (non-hydrogen) atoms. The molecule has 1 heterocycles. The van der Waals surface area contributed by atoms with Crippen LogP contribution in [0.25, 0.3) is 0 Å². The molecule has 148 valence electrons. The summed E-state index contributed by atoms with van der Waals surface area (Å²) in [7, 11) is 3.15. The van der Waals surface area contributed by atoms with Gasteiger partial charge in [0.25, 0.3) is 0 Å². The third kappa shape index (κ3) is 4.73. The molecular weight excluding hydrogens is 358 g/mol. The van der Waals surface area contributed by atoms with Crippen molar-refractivity contribution in [2.24, 2.45) is 5.92 Å². The Morgan fingerprint density at radius 2 is 1.82 bits per heavy atom. The zero-order valence-electron chi connectivity index (χ0n) is 16.1. The highest BCUT2D eigenvalue weighted by molar-refractivity contribution is 5.95. The normalized spacial score (nSPS) is 16.0. The molecule has 7 nitrogen and oxygen atoms in total. The third-order valence-corrected chi connectivity index (χ3v) is 4.73. The molecule has 1 aliphatic rings. The molecule has 2 aromatic rings. The lowest BCUT2D eigenvalue weighted by atomic mass is 10.1. The molecule has 0 radical (unpaired) electrons. The first-order chi connectivity index (χ1) is 13.6. The fraction of sp³-hybridized carbons (Fsp3) is 0.333. The lowest BCUT2D eigenvalue weighted by Crippen LogP contribution is -2.38. The van der Waals surface area contributed by atoms with Crippen molar-refractivity contribution in [3.8, 4) is 11.5 Å². The third-order valence-electron chi connectivity index (χ3n) is 4.73. The van der Waals surface area contributed by atoms with Crippen LogP contribution in [0.3, 0.4) is 0 Å². The van der Waals surface area contributed by atoms with Crippen LogP contribution in [0.15, 0.2) is 48.5 Å². The summed E-state index contributed by atoms with van der Waals surface area (Å²) in [6.45, 7) is 1.43. The number of hydrogen-bond donors (Lipinski definition) is 2. The predicted octanol–water partition coefficient (Wildman–Crippen LogP) is 2.56. The summed E-state index contributed by atoms with van der Waals surface area (Å²) in [6.07, 6.45) is 0.435. The summed E-state index contributed by atoms with van der Waals surface area (Å²) in [5, 5.41) is 5.67. The molecule has 3 rings (SSSR count). The number of methoxy groups -OCH3 is 2. The molecule has 1 fully saturated rings. The molecule has 0 spiro atoms. The molecule has 0 aliphatic carbocycles. The Labute approximate surface area is 164 Å². The molecule has 2 N–H and O–H groups in total. The standard InChI is InChI=1S/C21H25N3O4/c1-27-18-9-8-15(10-19(18)28-2)12-22-21(26)23-13-16-11-20(25)24(14-16)17-6-4-3-5-7-17/h3-10,16H,11-14H2,1-2H3,(H2,22,23,26). The van der Waals surface area contributed by atoms with Crippen molar-refractivity contribution < 1.29 is 19.1 Å². The van der Waals surface area contributed by atoms with Crippen LogP contribution in [-0.4, -0.2) is 39.2 Å². The number of nitrogens with zero attached hydrogens (tertiary/aromatic N) is 1. The van der Waals surface area contributed by atoms with Gasteiger partial charge in [-0.1, -0.05) is 24.3 Å². The van der Waals surface area contributed by atoms with Gasteiger partial charge in [-0.05, 0) is 29.8 Å². The predicted molar refractivity (Wildman–Crippen MR) is 107 cm³/mol. The Hall–Kier alpha value is -3.22. The van der Waals surface area contributed by atoms with Crippen LogP contribution in [0.1, 0.15) is 12.0 Å². The number of ether oxygens (including phenoxy) is 2. The van der Waals surface area contributed by atoms with E-state index in [1.807, 2.05) is 42.5 Å². The zero-order chi connectivity index (χ0) is 19.9. The van der Waals surface area contributed by atoms with E-state index in [1.165, 1.54) is 0 Å². The fourth-order valence-corrected chi connectivity index (χ4v) is 3.25. The van der Waals surface area contributed by atoms with Gasteiger partial charge in [-0.3, -0.25) is 4.79 Å². The number of anilines is 1. The number of hydrogen-bond acceptors (Lipinski definition) is 4. The molecule has 2 aromatic carbocycles. The Kier molecular flexibility index (Phi) is 6.37. The molecule has 1 aliphatic heterocycles. The van der Waals surface area contributed by atoms with E-state index in [9.17, 15) is 9.59 Å². The number of benzene rings is 2. The number of carbonyl (C=O) groups excluding carboxylic acids is 2. The Balaban J connectivity index is 1.45. The summed E-state index contributed by atoms with van der Waals surface area (Å²) in [5.74, 6) is 1.44. The number of carbonyl (C=O) groups is 2. The molecule has 0 saturated carbocycles. The molecule has 1 unspecified atom stereocenters. The van der Waals surface area contributed by atoms with Gasteiger partial charge in [0.15, 0.2) is 11.5 Å². The van der Waals surface area contributed by atoms with Gasteiger partial charge in [0.05, 0.1) is 14.2 Å². The average molecular weight is 383 g/mol. The maximum atomic E-state index is 12.2. The number of nitrogens with one attached hydrogen (secondary N) is 2. The minimum atomic E-state index is -0.264. The highest BCUT2D eigenvalue weighted by atomic mass is 16.5. The van der Waals surface area contributed by atoms with Crippen molar-refractivity contribution >= 4 is 17.6 Å². The van der Waals surface area contributed by atoms with Crippen LogP contribution in [0, 0.1) is 5.92 Å². The topological polar surface area (TPSA) is 79.9 Å². The van der Waals surface area contributed by atoms with Gasteiger partial charge < -0.3 is 25.0 Å². The van der Waals surface area contributed by atoms with Gasteiger partial charge >= 0.3 is 6.03 Å². The van der Waals surface area contributed by atoms with E-state index in [0.29, 0.717) is 37.6 Å². The Morgan fingerprint density at radius 3 is 2.54 bits per heavy atom. The highest BCUT2D eigenvalue weighted by Gasteiger charge is 2.30. The lowest BCUT2D eigenvalue weighted by Gasteiger charge is -2.17. The fourth-order valence-electron chi connectivity index (χ4n) is 3.25. The molecular formula is C21H25N3O4. The second-order valence-corrected chi connectivity index (χ2v) is 6.66. The number of urea groups is 1. The summed E-state index contributed by atoms with van der Waals surface area (Å²) < 4.78 is 10.5.